The van der Waals surface area contributed by atoms with Crippen LogP contribution in [0.4, 0.5) is 18.9 Å². The molecule has 0 aromatic carbocycles. The Bertz CT molecular complexity index is 757. The molecule has 0 unspecified atom stereocenters. The van der Waals surface area contributed by atoms with E-state index in [1.165, 1.54) is 0 Å². The number of rotatable bonds is 4. The number of nitrogens with one attached hydrogen (secondary N) is 1. The van der Waals surface area contributed by atoms with Gasteiger partial charge in [-0.15, -0.1) is 11.3 Å². The SMILES string of the molecule is O=C(Nc1cc(Cl)c(=O)n(CC(F)F)c1)c1cc(F)c(Cl)s1. The van der Waals surface area contributed by atoms with Crippen LogP contribution in [0.25, 0.3) is 0 Å². The van der Waals surface area contributed by atoms with E-state index in [1.807, 2.05) is 0 Å². The lowest BCUT2D eigenvalue weighted by molar-refractivity contribution is 0.103. The molecule has 2 aromatic heterocycles. The summed E-state index contributed by atoms with van der Waals surface area (Å²) in [5.41, 5.74) is -0.773. The predicted octanol–water partition coefficient (Wildman–Crippen LogP) is 3.87. The van der Waals surface area contributed by atoms with Crippen LogP contribution in [0.5, 0.6) is 0 Å². The highest BCUT2D eigenvalue weighted by Gasteiger charge is 2.15. The first-order chi connectivity index (χ1) is 10.3. The molecule has 118 valence electrons. The topological polar surface area (TPSA) is 51.1 Å². The molecule has 1 amide bonds. The van der Waals surface area contributed by atoms with Crippen molar-refractivity contribution in [3.63, 3.8) is 0 Å². The van der Waals surface area contributed by atoms with E-state index in [4.69, 9.17) is 23.2 Å². The first-order valence-electron chi connectivity index (χ1n) is 5.72. The van der Waals surface area contributed by atoms with Crippen molar-refractivity contribution < 1.29 is 18.0 Å². The maximum Gasteiger partial charge on any atom is 0.269 e. The Balaban J connectivity index is 2.27. The molecule has 10 heteroatoms. The van der Waals surface area contributed by atoms with Gasteiger partial charge < -0.3 is 9.88 Å². The normalized spacial score (nSPS) is 11.0. The third kappa shape index (κ3) is 3.82. The number of carbonyl (C=O) groups is 1. The van der Waals surface area contributed by atoms with E-state index in [0.29, 0.717) is 4.57 Å². The Labute approximate surface area is 136 Å². The van der Waals surface area contributed by atoms with E-state index in [9.17, 15) is 22.8 Å². The van der Waals surface area contributed by atoms with Crippen LogP contribution >= 0.6 is 34.5 Å². The second kappa shape index (κ2) is 6.72. The third-order valence-electron chi connectivity index (χ3n) is 2.50. The van der Waals surface area contributed by atoms with Crippen molar-refractivity contribution in [3.8, 4) is 0 Å². The van der Waals surface area contributed by atoms with Gasteiger partial charge in [0.2, 0.25) is 0 Å². The van der Waals surface area contributed by atoms with Crippen molar-refractivity contribution >= 4 is 46.1 Å². The van der Waals surface area contributed by atoms with Crippen molar-refractivity contribution in [1.29, 1.82) is 0 Å². The van der Waals surface area contributed by atoms with Gasteiger partial charge in [-0.25, -0.2) is 13.2 Å². The average molecular weight is 371 g/mol. The molecule has 2 rings (SSSR count). The number of halogens is 5. The average Bonchev–Trinajstić information content (AvgIpc) is 2.75. The van der Waals surface area contributed by atoms with E-state index in [-0.39, 0.29) is 19.9 Å². The number of anilines is 1. The zero-order valence-corrected chi connectivity index (χ0v) is 12.9. The van der Waals surface area contributed by atoms with Gasteiger partial charge in [0, 0.05) is 6.20 Å². The molecule has 0 radical (unpaired) electrons. The van der Waals surface area contributed by atoms with E-state index in [0.717, 1.165) is 29.7 Å². The molecule has 0 saturated carbocycles. The largest absolute Gasteiger partial charge is 0.320 e. The predicted molar refractivity (Wildman–Crippen MR) is 79.0 cm³/mol. The zero-order chi connectivity index (χ0) is 16.4. The van der Waals surface area contributed by atoms with Gasteiger partial charge in [-0.3, -0.25) is 9.59 Å². The second-order valence-electron chi connectivity index (χ2n) is 4.11. The molecule has 0 aliphatic carbocycles. The van der Waals surface area contributed by atoms with Gasteiger partial charge >= 0.3 is 0 Å². The molecule has 2 heterocycles. The van der Waals surface area contributed by atoms with Crippen molar-refractivity contribution in [2.45, 2.75) is 13.0 Å². The monoisotopic (exact) mass is 370 g/mol. The standard InChI is InChI=1S/C12H7Cl2F3N2O2S/c13-6-1-5(3-19(12(6)21)4-9(16)17)18-11(20)8-2-7(15)10(14)22-8/h1-3,9H,4H2,(H,18,20). The smallest absolute Gasteiger partial charge is 0.269 e. The molecule has 0 aliphatic rings. The summed E-state index contributed by atoms with van der Waals surface area (Å²) in [6.45, 7) is -0.859. The Morgan fingerprint density at radius 2 is 2.05 bits per heavy atom. The lowest BCUT2D eigenvalue weighted by Gasteiger charge is -2.09. The number of pyridine rings is 1. The Morgan fingerprint density at radius 1 is 1.36 bits per heavy atom. The fraction of sp³-hybridized carbons (Fsp3) is 0.167. The maximum absolute atomic E-state index is 13.1. The summed E-state index contributed by atoms with van der Waals surface area (Å²) < 4.78 is 38.4. The van der Waals surface area contributed by atoms with Crippen molar-refractivity contribution in [1.82, 2.24) is 4.57 Å². The minimum absolute atomic E-state index is 0.00904. The molecule has 0 fully saturated rings. The molecule has 2 aromatic rings. The number of amides is 1. The van der Waals surface area contributed by atoms with Crippen molar-refractivity contribution in [3.05, 3.63) is 48.7 Å². The number of carbonyl (C=O) groups excluding carboxylic acids is 1. The van der Waals surface area contributed by atoms with Crippen molar-refractivity contribution in [2.24, 2.45) is 0 Å². The molecule has 0 aliphatic heterocycles. The Hall–Kier alpha value is -1.51. The number of aromatic nitrogens is 1. The van der Waals surface area contributed by atoms with E-state index in [1.54, 1.807) is 0 Å². The number of hydrogen-bond donors (Lipinski definition) is 1. The molecule has 0 bridgehead atoms. The summed E-state index contributed by atoms with van der Waals surface area (Å²) in [6.07, 6.45) is -1.73. The zero-order valence-electron chi connectivity index (χ0n) is 10.6. The Morgan fingerprint density at radius 3 is 2.59 bits per heavy atom. The fourth-order valence-corrected chi connectivity index (χ4v) is 2.79. The van der Waals surface area contributed by atoms with E-state index in [2.05, 4.69) is 5.32 Å². The van der Waals surface area contributed by atoms with E-state index < -0.39 is 30.3 Å². The van der Waals surface area contributed by atoms with Gasteiger partial charge in [-0.1, -0.05) is 23.2 Å². The van der Waals surface area contributed by atoms with Crippen LogP contribution < -0.4 is 10.9 Å². The van der Waals surface area contributed by atoms with Crippen LogP contribution in [0, 0.1) is 5.82 Å². The molecule has 0 saturated heterocycles. The molecule has 4 nitrogen and oxygen atoms in total. The Kier molecular flexibility index (Phi) is 5.15. The molecular weight excluding hydrogens is 364 g/mol. The van der Waals surface area contributed by atoms with Crippen LogP contribution in [-0.2, 0) is 6.54 Å². The molecule has 22 heavy (non-hydrogen) atoms. The number of hydrogen-bond acceptors (Lipinski definition) is 3. The van der Waals surface area contributed by atoms with E-state index >= 15 is 0 Å². The van der Waals surface area contributed by atoms with Gasteiger partial charge in [-0.05, 0) is 12.1 Å². The lowest BCUT2D eigenvalue weighted by Crippen LogP contribution is -2.24. The summed E-state index contributed by atoms with van der Waals surface area (Å²) >= 11 is 11.9. The summed E-state index contributed by atoms with van der Waals surface area (Å²) in [5, 5.41) is 2.01. The van der Waals surface area contributed by atoms with Gasteiger partial charge in [0.1, 0.15) is 9.36 Å². The molecule has 1 N–H and O–H groups in total. The first kappa shape index (κ1) is 16.9. The minimum Gasteiger partial charge on any atom is -0.320 e. The highest BCUT2D eigenvalue weighted by molar-refractivity contribution is 7.18. The summed E-state index contributed by atoms with van der Waals surface area (Å²) in [7, 11) is 0. The number of alkyl halides is 2. The van der Waals surface area contributed by atoms with Crippen LogP contribution in [0.2, 0.25) is 9.36 Å². The van der Waals surface area contributed by atoms with Crippen LogP contribution in [-0.4, -0.2) is 16.9 Å². The van der Waals surface area contributed by atoms with Gasteiger partial charge in [-0.2, -0.15) is 0 Å². The molecule has 0 spiro atoms. The number of nitrogens with zero attached hydrogens (tertiary/aromatic N) is 1. The van der Waals surface area contributed by atoms with Gasteiger partial charge in [0.05, 0.1) is 17.1 Å². The summed E-state index contributed by atoms with van der Waals surface area (Å²) in [6, 6.07) is 2.06. The number of thiophene rings is 1. The van der Waals surface area contributed by atoms with Crippen molar-refractivity contribution in [2.75, 3.05) is 5.32 Å². The molecule has 0 atom stereocenters. The molecular formula is C12H7Cl2F3N2O2S. The van der Waals surface area contributed by atoms with Crippen LogP contribution in [0.15, 0.2) is 23.1 Å². The van der Waals surface area contributed by atoms with Crippen LogP contribution in [0.1, 0.15) is 9.67 Å². The summed E-state index contributed by atoms with van der Waals surface area (Å²) in [5.74, 6) is -1.44. The minimum atomic E-state index is -2.76. The van der Waals surface area contributed by atoms with Crippen LogP contribution in [0.3, 0.4) is 0 Å². The highest BCUT2D eigenvalue weighted by Crippen LogP contribution is 2.26. The second-order valence-corrected chi connectivity index (χ2v) is 6.17. The summed E-state index contributed by atoms with van der Waals surface area (Å²) in [4.78, 5) is 23.5. The lowest BCUT2D eigenvalue weighted by atomic mass is 10.3. The first-order valence-corrected chi connectivity index (χ1v) is 7.29. The third-order valence-corrected chi connectivity index (χ3v) is 4.08. The van der Waals surface area contributed by atoms with Gasteiger partial charge in [0.15, 0.2) is 5.82 Å². The maximum atomic E-state index is 13.1. The fourth-order valence-electron chi connectivity index (χ4n) is 1.60. The van der Waals surface area contributed by atoms with Gasteiger partial charge in [0.25, 0.3) is 17.9 Å². The quantitative estimate of drug-likeness (QED) is 0.887. The highest BCUT2D eigenvalue weighted by atomic mass is 35.5.